The van der Waals surface area contributed by atoms with Gasteiger partial charge in [-0.2, -0.15) is 0 Å². The number of carbonyl (C=O) groups is 2. The maximum atomic E-state index is 13.4. The molecule has 0 aliphatic carbocycles. The van der Waals surface area contributed by atoms with Gasteiger partial charge in [-0.15, -0.1) is 0 Å². The monoisotopic (exact) mass is 487 g/mol. The van der Waals surface area contributed by atoms with Crippen molar-refractivity contribution in [3.05, 3.63) is 96.1 Å². The lowest BCUT2D eigenvalue weighted by Crippen LogP contribution is -2.39. The van der Waals surface area contributed by atoms with Crippen LogP contribution in [-0.2, 0) is 22.4 Å². The summed E-state index contributed by atoms with van der Waals surface area (Å²) in [5.41, 5.74) is 2.95. The van der Waals surface area contributed by atoms with Crippen molar-refractivity contribution < 1.29 is 14.3 Å². The van der Waals surface area contributed by atoms with Gasteiger partial charge in [0.15, 0.2) is 5.11 Å². The maximum Gasteiger partial charge on any atom is 0.252 e. The third-order valence-electron chi connectivity index (χ3n) is 6.11. The number of nitrogens with zero attached hydrogens (tertiary/aromatic N) is 2. The Kier molecular flexibility index (Phi) is 8.11. The van der Waals surface area contributed by atoms with Crippen LogP contribution >= 0.6 is 12.2 Å². The molecule has 1 aliphatic rings. The van der Waals surface area contributed by atoms with Gasteiger partial charge < -0.3 is 15.0 Å². The Morgan fingerprint density at radius 1 is 0.886 bits per heavy atom. The van der Waals surface area contributed by atoms with Crippen molar-refractivity contribution in [2.24, 2.45) is 0 Å². The van der Waals surface area contributed by atoms with Gasteiger partial charge >= 0.3 is 0 Å². The smallest absolute Gasteiger partial charge is 0.252 e. The Hall–Kier alpha value is -3.71. The molecular weight excluding hydrogens is 458 g/mol. The number of ether oxygens (including phenoxy) is 1. The first-order valence-corrected chi connectivity index (χ1v) is 12.1. The fourth-order valence-electron chi connectivity index (χ4n) is 4.19. The Labute approximate surface area is 211 Å². The van der Waals surface area contributed by atoms with Gasteiger partial charge in [0.25, 0.3) is 5.91 Å². The van der Waals surface area contributed by atoms with Gasteiger partial charge in [-0.05, 0) is 60.5 Å². The van der Waals surface area contributed by atoms with Crippen LogP contribution in [0.5, 0.6) is 5.75 Å². The topological polar surface area (TPSA) is 61.9 Å². The van der Waals surface area contributed by atoms with Crippen molar-refractivity contribution in [1.82, 2.24) is 9.80 Å². The van der Waals surface area contributed by atoms with Crippen molar-refractivity contribution in [1.29, 1.82) is 0 Å². The first kappa shape index (κ1) is 24.4. The summed E-state index contributed by atoms with van der Waals surface area (Å²) in [5, 5.41) is 3.38. The predicted octanol–water partition coefficient (Wildman–Crippen LogP) is 4.31. The number of benzene rings is 3. The van der Waals surface area contributed by atoms with Crippen molar-refractivity contribution in [2.75, 3.05) is 25.5 Å². The van der Waals surface area contributed by atoms with Crippen molar-refractivity contribution >= 4 is 34.8 Å². The molecule has 6 nitrogen and oxygen atoms in total. The summed E-state index contributed by atoms with van der Waals surface area (Å²) in [7, 11) is 1.59. The van der Waals surface area contributed by atoms with Gasteiger partial charge in [-0.1, -0.05) is 60.7 Å². The molecule has 2 amide bonds. The quantitative estimate of drug-likeness (QED) is 0.432. The average Bonchev–Trinajstić information content (AvgIpc) is 3.11. The molecule has 0 saturated carbocycles. The van der Waals surface area contributed by atoms with E-state index in [1.807, 2.05) is 53.4 Å². The van der Waals surface area contributed by atoms with Gasteiger partial charge in [0, 0.05) is 18.8 Å². The first-order valence-electron chi connectivity index (χ1n) is 11.7. The number of hydrogen-bond acceptors (Lipinski definition) is 4. The zero-order valence-corrected chi connectivity index (χ0v) is 20.5. The molecule has 0 spiro atoms. The normalized spacial score (nSPS) is 15.4. The number of carbonyl (C=O) groups excluding carboxylic acids is 2. The molecular formula is C28H29N3O3S. The number of methoxy groups -OCH3 is 1. The molecule has 1 heterocycles. The lowest BCUT2D eigenvalue weighted by atomic mass is 10.1. The standard InChI is InChI=1S/C28H29N3O3S/c1-34-24-14-12-23(13-15-24)29-26(32)20-25-27(33)31(19-17-22-10-6-3-7-11-22)28(35)30(25)18-16-21-8-4-2-5-9-21/h2-15,25H,16-20H2,1H3,(H,29,32). The summed E-state index contributed by atoms with van der Waals surface area (Å²) >= 11 is 5.74. The van der Waals surface area contributed by atoms with Crippen molar-refractivity contribution in [3.63, 3.8) is 0 Å². The van der Waals surface area contributed by atoms with E-state index in [9.17, 15) is 9.59 Å². The van der Waals surface area contributed by atoms with Crippen LogP contribution in [0.25, 0.3) is 0 Å². The van der Waals surface area contributed by atoms with Gasteiger partial charge in [0.05, 0.1) is 13.5 Å². The van der Waals surface area contributed by atoms with Crippen LogP contribution in [0, 0.1) is 0 Å². The highest BCUT2D eigenvalue weighted by Crippen LogP contribution is 2.23. The summed E-state index contributed by atoms with van der Waals surface area (Å²) in [6, 6.07) is 26.6. The average molecular weight is 488 g/mol. The van der Waals surface area contributed by atoms with E-state index in [1.165, 1.54) is 0 Å². The molecule has 0 radical (unpaired) electrons. The zero-order chi connectivity index (χ0) is 24.6. The minimum atomic E-state index is -0.625. The molecule has 3 aromatic carbocycles. The molecule has 1 N–H and O–H groups in total. The van der Waals surface area contributed by atoms with E-state index in [4.69, 9.17) is 17.0 Å². The number of nitrogens with one attached hydrogen (secondary N) is 1. The number of amides is 2. The van der Waals surface area contributed by atoms with Crippen LogP contribution in [0.2, 0.25) is 0 Å². The predicted molar refractivity (Wildman–Crippen MR) is 141 cm³/mol. The lowest BCUT2D eigenvalue weighted by Gasteiger charge is -2.24. The minimum absolute atomic E-state index is 0.0294. The molecule has 1 unspecified atom stereocenters. The molecule has 1 atom stereocenters. The molecule has 0 bridgehead atoms. The highest BCUT2D eigenvalue weighted by Gasteiger charge is 2.42. The van der Waals surface area contributed by atoms with Crippen molar-refractivity contribution in [3.8, 4) is 5.75 Å². The van der Waals surface area contributed by atoms with E-state index < -0.39 is 6.04 Å². The largest absolute Gasteiger partial charge is 0.497 e. The number of anilines is 1. The first-order chi connectivity index (χ1) is 17.0. The highest BCUT2D eigenvalue weighted by molar-refractivity contribution is 7.80. The van der Waals surface area contributed by atoms with Gasteiger partial charge in [-0.25, -0.2) is 0 Å². The summed E-state index contributed by atoms with van der Waals surface area (Å²) < 4.78 is 5.17. The summed E-state index contributed by atoms with van der Waals surface area (Å²) in [4.78, 5) is 29.9. The SMILES string of the molecule is COc1ccc(NC(=O)CC2C(=O)N(CCc3ccccc3)C(=S)N2CCc2ccccc2)cc1. The maximum absolute atomic E-state index is 13.4. The molecule has 1 fully saturated rings. The summed E-state index contributed by atoms with van der Waals surface area (Å²) in [6.45, 7) is 1.05. The molecule has 1 saturated heterocycles. The van der Waals surface area contributed by atoms with Gasteiger partial charge in [-0.3, -0.25) is 14.5 Å². The second kappa shape index (κ2) is 11.6. The van der Waals surface area contributed by atoms with Gasteiger partial charge in [0.1, 0.15) is 11.8 Å². The molecule has 1 aliphatic heterocycles. The molecule has 3 aromatic rings. The van der Waals surface area contributed by atoms with E-state index in [2.05, 4.69) is 17.4 Å². The van der Waals surface area contributed by atoms with Crippen LogP contribution in [0.1, 0.15) is 17.5 Å². The Morgan fingerprint density at radius 2 is 1.46 bits per heavy atom. The van der Waals surface area contributed by atoms with E-state index >= 15 is 0 Å². The van der Waals surface area contributed by atoms with Crippen LogP contribution < -0.4 is 10.1 Å². The third kappa shape index (κ3) is 6.25. The number of rotatable bonds is 10. The Bertz CT molecular complexity index is 1150. The second-order valence-corrected chi connectivity index (χ2v) is 8.80. The fraction of sp³-hybridized carbons (Fsp3) is 0.250. The zero-order valence-electron chi connectivity index (χ0n) is 19.7. The second-order valence-electron chi connectivity index (χ2n) is 8.43. The van der Waals surface area contributed by atoms with Gasteiger partial charge in [0.2, 0.25) is 5.91 Å². The number of hydrogen-bond donors (Lipinski definition) is 1. The van der Waals surface area contributed by atoms with E-state index in [-0.39, 0.29) is 18.2 Å². The summed E-state index contributed by atoms with van der Waals surface area (Å²) in [5.74, 6) is 0.357. The minimum Gasteiger partial charge on any atom is -0.497 e. The summed E-state index contributed by atoms with van der Waals surface area (Å²) in [6.07, 6.45) is 1.46. The molecule has 4 rings (SSSR count). The van der Waals surface area contributed by atoms with Crippen LogP contribution in [0.15, 0.2) is 84.9 Å². The highest BCUT2D eigenvalue weighted by atomic mass is 32.1. The van der Waals surface area contributed by atoms with Crippen LogP contribution in [0.4, 0.5) is 5.69 Å². The Balaban J connectivity index is 1.46. The number of thiocarbonyl (C=S) groups is 1. The van der Waals surface area contributed by atoms with E-state index in [0.29, 0.717) is 36.1 Å². The van der Waals surface area contributed by atoms with E-state index in [1.54, 1.807) is 36.3 Å². The Morgan fingerprint density at radius 3 is 2.03 bits per heavy atom. The van der Waals surface area contributed by atoms with Crippen molar-refractivity contribution in [2.45, 2.75) is 25.3 Å². The fourth-order valence-corrected chi connectivity index (χ4v) is 4.59. The molecule has 7 heteroatoms. The third-order valence-corrected chi connectivity index (χ3v) is 6.56. The molecule has 180 valence electrons. The molecule has 0 aromatic heterocycles. The van der Waals surface area contributed by atoms with Crippen LogP contribution in [-0.4, -0.2) is 53.0 Å². The molecule has 35 heavy (non-hydrogen) atoms. The van der Waals surface area contributed by atoms with Crippen LogP contribution in [0.3, 0.4) is 0 Å². The lowest BCUT2D eigenvalue weighted by molar-refractivity contribution is -0.130. The van der Waals surface area contributed by atoms with E-state index in [0.717, 1.165) is 17.5 Å².